The number of amides is 1. The summed E-state index contributed by atoms with van der Waals surface area (Å²) in [7, 11) is 1.25. The lowest BCUT2D eigenvalue weighted by molar-refractivity contribution is -0.139. The molecule has 11 nitrogen and oxygen atoms in total. The van der Waals surface area contributed by atoms with Gasteiger partial charge in [0.05, 0.1) is 43.1 Å². The van der Waals surface area contributed by atoms with Crippen molar-refractivity contribution in [1.29, 1.82) is 5.26 Å². The summed E-state index contributed by atoms with van der Waals surface area (Å²) < 4.78 is 26.9. The van der Waals surface area contributed by atoms with E-state index in [2.05, 4.69) is 5.32 Å². The SMILES string of the molecule is CCOC(=O)C1=C(C)OC(N)=C(C#N)C1c1ccc(OCC(=O)Nc2ccccc2C(=O)OC)c(OCC)c1. The maximum atomic E-state index is 12.8. The standard InChI is InChI=1S/C28H29N3O8/c1-5-36-22-13-17(25-19(14-29)26(30)39-16(3)24(25)28(34)37-6-2)11-12-21(22)38-15-23(32)31-20-10-8-7-9-18(20)27(33)35-4/h7-13,25H,5-6,15,30H2,1-4H3,(H,31,32). The molecule has 11 heteroatoms. The molecule has 0 aliphatic carbocycles. The quantitative estimate of drug-likeness (QED) is 0.431. The fraction of sp³-hybridized carbons (Fsp3) is 0.286. The van der Waals surface area contributed by atoms with Crippen LogP contribution in [0.4, 0.5) is 5.69 Å². The number of carbonyl (C=O) groups excluding carboxylic acids is 3. The van der Waals surface area contributed by atoms with E-state index >= 15 is 0 Å². The summed E-state index contributed by atoms with van der Waals surface area (Å²) in [6, 6.07) is 13.3. The van der Waals surface area contributed by atoms with Crippen LogP contribution in [0.5, 0.6) is 11.5 Å². The van der Waals surface area contributed by atoms with Gasteiger partial charge < -0.3 is 34.7 Å². The van der Waals surface area contributed by atoms with Gasteiger partial charge in [-0.3, -0.25) is 4.79 Å². The van der Waals surface area contributed by atoms with E-state index in [0.29, 0.717) is 5.56 Å². The zero-order valence-corrected chi connectivity index (χ0v) is 22.0. The van der Waals surface area contributed by atoms with Crippen molar-refractivity contribution in [2.45, 2.75) is 26.7 Å². The molecule has 0 saturated heterocycles. The molecule has 3 N–H and O–H groups in total. The number of nitrogens with one attached hydrogen (secondary N) is 1. The zero-order valence-electron chi connectivity index (χ0n) is 22.0. The van der Waals surface area contributed by atoms with E-state index in [1.165, 1.54) is 13.2 Å². The number of methoxy groups -OCH3 is 1. The molecule has 0 spiro atoms. The van der Waals surface area contributed by atoms with Gasteiger partial charge in [0.25, 0.3) is 5.91 Å². The maximum absolute atomic E-state index is 12.8. The van der Waals surface area contributed by atoms with Gasteiger partial charge >= 0.3 is 11.9 Å². The molecule has 3 rings (SSSR count). The molecule has 0 bridgehead atoms. The number of benzene rings is 2. The van der Waals surface area contributed by atoms with Crippen LogP contribution in [0.25, 0.3) is 0 Å². The van der Waals surface area contributed by atoms with Crippen molar-refractivity contribution in [3.05, 3.63) is 76.4 Å². The first-order valence-electron chi connectivity index (χ1n) is 12.1. The van der Waals surface area contributed by atoms with E-state index in [-0.39, 0.29) is 58.8 Å². The normalized spacial score (nSPS) is 14.6. The molecule has 1 aliphatic heterocycles. The number of nitriles is 1. The third kappa shape index (κ3) is 6.48. The van der Waals surface area contributed by atoms with Gasteiger partial charge in [-0.2, -0.15) is 5.26 Å². The van der Waals surface area contributed by atoms with Crippen molar-refractivity contribution in [2.24, 2.45) is 5.73 Å². The number of hydrogen-bond acceptors (Lipinski definition) is 10. The topological polar surface area (TPSA) is 159 Å². The lowest BCUT2D eigenvalue weighted by atomic mass is 9.83. The lowest BCUT2D eigenvalue weighted by Crippen LogP contribution is -2.25. The molecule has 0 aromatic heterocycles. The highest BCUT2D eigenvalue weighted by molar-refractivity contribution is 6.01. The number of para-hydroxylation sites is 1. The molecule has 0 fully saturated rings. The van der Waals surface area contributed by atoms with Crippen molar-refractivity contribution in [2.75, 3.05) is 32.2 Å². The van der Waals surface area contributed by atoms with Gasteiger partial charge in [-0.15, -0.1) is 0 Å². The van der Waals surface area contributed by atoms with E-state index in [9.17, 15) is 19.6 Å². The Morgan fingerprint density at radius 1 is 1.05 bits per heavy atom. The highest BCUT2D eigenvalue weighted by atomic mass is 16.5. The summed E-state index contributed by atoms with van der Waals surface area (Å²) in [5.41, 5.74) is 7.14. The largest absolute Gasteiger partial charge is 0.490 e. The van der Waals surface area contributed by atoms with Crippen LogP contribution in [0.1, 0.15) is 42.6 Å². The molecule has 1 unspecified atom stereocenters. The predicted octanol–water partition coefficient (Wildman–Crippen LogP) is 3.53. The average Bonchev–Trinajstić information content (AvgIpc) is 2.92. The Balaban J connectivity index is 1.88. The van der Waals surface area contributed by atoms with E-state index < -0.39 is 30.4 Å². The molecule has 39 heavy (non-hydrogen) atoms. The van der Waals surface area contributed by atoms with Crippen LogP contribution in [-0.2, 0) is 23.8 Å². The maximum Gasteiger partial charge on any atom is 0.339 e. The fourth-order valence-corrected chi connectivity index (χ4v) is 3.99. The minimum absolute atomic E-state index is 0.0448. The number of ether oxygens (including phenoxy) is 5. The average molecular weight is 536 g/mol. The molecular formula is C28H29N3O8. The van der Waals surface area contributed by atoms with Crippen LogP contribution in [0.15, 0.2) is 65.3 Å². The number of nitrogens with two attached hydrogens (primary N) is 1. The number of carbonyl (C=O) groups is 3. The molecule has 0 radical (unpaired) electrons. The van der Waals surface area contributed by atoms with Crippen molar-refractivity contribution in [3.8, 4) is 17.6 Å². The van der Waals surface area contributed by atoms with E-state index in [0.717, 1.165) is 0 Å². The van der Waals surface area contributed by atoms with Gasteiger partial charge in [0.2, 0.25) is 5.88 Å². The third-order valence-electron chi connectivity index (χ3n) is 5.67. The van der Waals surface area contributed by atoms with Gasteiger partial charge in [0.1, 0.15) is 17.4 Å². The summed E-state index contributed by atoms with van der Waals surface area (Å²) in [4.78, 5) is 37.4. The Bertz CT molecular complexity index is 1370. The fourth-order valence-electron chi connectivity index (χ4n) is 3.99. The van der Waals surface area contributed by atoms with E-state index in [1.807, 2.05) is 6.07 Å². The Kier molecular flexibility index (Phi) is 9.53. The number of nitrogens with zero attached hydrogens (tertiary/aromatic N) is 1. The van der Waals surface area contributed by atoms with Gasteiger partial charge in [0.15, 0.2) is 18.1 Å². The summed E-state index contributed by atoms with van der Waals surface area (Å²) in [6.45, 7) is 5.02. The van der Waals surface area contributed by atoms with Crippen molar-refractivity contribution < 1.29 is 38.1 Å². The Hall–Kier alpha value is -4.98. The van der Waals surface area contributed by atoms with Crippen molar-refractivity contribution in [1.82, 2.24) is 0 Å². The summed E-state index contributed by atoms with van der Waals surface area (Å²) in [5.74, 6) is -1.98. The van der Waals surface area contributed by atoms with Crippen LogP contribution >= 0.6 is 0 Å². The second kappa shape index (κ2) is 13.0. The molecule has 0 saturated carbocycles. The van der Waals surface area contributed by atoms with Gasteiger partial charge in [-0.1, -0.05) is 18.2 Å². The Morgan fingerprint density at radius 3 is 2.46 bits per heavy atom. The predicted molar refractivity (Wildman–Crippen MR) is 140 cm³/mol. The number of rotatable bonds is 10. The molecule has 1 aliphatic rings. The van der Waals surface area contributed by atoms with Gasteiger partial charge in [-0.25, -0.2) is 9.59 Å². The van der Waals surface area contributed by atoms with Crippen molar-refractivity contribution >= 4 is 23.5 Å². The zero-order chi connectivity index (χ0) is 28.5. The van der Waals surface area contributed by atoms with Gasteiger partial charge in [-0.05, 0) is 50.6 Å². The molecule has 1 amide bonds. The van der Waals surface area contributed by atoms with Crippen LogP contribution in [0, 0.1) is 11.3 Å². The molecule has 1 atom stereocenters. The minimum Gasteiger partial charge on any atom is -0.490 e. The van der Waals surface area contributed by atoms with Crippen LogP contribution < -0.4 is 20.5 Å². The molecule has 1 heterocycles. The number of allylic oxidation sites excluding steroid dienone is 2. The molecule has 2 aromatic carbocycles. The number of anilines is 1. The third-order valence-corrected chi connectivity index (χ3v) is 5.67. The second-order valence-electron chi connectivity index (χ2n) is 8.13. The van der Waals surface area contributed by atoms with Crippen LogP contribution in [-0.4, -0.2) is 44.8 Å². The highest BCUT2D eigenvalue weighted by Crippen LogP contribution is 2.42. The van der Waals surface area contributed by atoms with E-state index in [4.69, 9.17) is 29.4 Å². The summed E-state index contributed by atoms with van der Waals surface area (Å²) in [5, 5.41) is 12.4. The minimum atomic E-state index is -0.867. The molecular weight excluding hydrogens is 506 g/mol. The summed E-state index contributed by atoms with van der Waals surface area (Å²) >= 11 is 0. The van der Waals surface area contributed by atoms with Crippen LogP contribution in [0.3, 0.4) is 0 Å². The molecule has 204 valence electrons. The Morgan fingerprint density at radius 2 is 1.79 bits per heavy atom. The van der Waals surface area contributed by atoms with Gasteiger partial charge in [0, 0.05) is 0 Å². The lowest BCUT2D eigenvalue weighted by Gasteiger charge is -2.27. The van der Waals surface area contributed by atoms with Crippen LogP contribution in [0.2, 0.25) is 0 Å². The first kappa shape index (κ1) is 28.6. The number of hydrogen-bond donors (Lipinski definition) is 2. The smallest absolute Gasteiger partial charge is 0.339 e. The first-order valence-corrected chi connectivity index (χ1v) is 12.1. The first-order chi connectivity index (χ1) is 18.7. The number of esters is 2. The molecule has 2 aromatic rings. The monoisotopic (exact) mass is 535 g/mol. The van der Waals surface area contributed by atoms with Crippen molar-refractivity contribution in [3.63, 3.8) is 0 Å². The second-order valence-corrected chi connectivity index (χ2v) is 8.13. The summed E-state index contributed by atoms with van der Waals surface area (Å²) in [6.07, 6.45) is 0. The van der Waals surface area contributed by atoms with E-state index in [1.54, 1.807) is 57.2 Å². The Labute approximate surface area is 225 Å². The highest BCUT2D eigenvalue weighted by Gasteiger charge is 2.36.